The van der Waals surface area contributed by atoms with Crippen LogP contribution in [-0.2, 0) is 16.6 Å². The zero-order valence-corrected chi connectivity index (χ0v) is 12.4. The summed E-state index contributed by atoms with van der Waals surface area (Å²) in [5.74, 6) is -0.444. The second-order valence-electron chi connectivity index (χ2n) is 6.80. The average molecular weight is 301 g/mol. The maximum Gasteiger partial charge on any atom is 0.161 e. The van der Waals surface area contributed by atoms with Crippen molar-refractivity contribution in [1.29, 1.82) is 0 Å². The number of phenolic OH excluding ortho intramolecular Hbond substituents is 2. The van der Waals surface area contributed by atoms with E-state index in [9.17, 15) is 20.1 Å². The molecule has 2 aliphatic carbocycles. The van der Waals surface area contributed by atoms with Crippen LogP contribution < -0.4 is 0 Å². The highest BCUT2D eigenvalue weighted by atomic mass is 16.3. The largest absolute Gasteiger partial charge is 0.504 e. The molecule has 5 nitrogen and oxygen atoms in total. The molecule has 3 N–H and O–H groups in total. The molecule has 0 saturated carbocycles. The summed E-state index contributed by atoms with van der Waals surface area (Å²) < 4.78 is 0. The number of piperidine rings is 1. The van der Waals surface area contributed by atoms with E-state index in [1.54, 1.807) is 12.1 Å². The van der Waals surface area contributed by atoms with Crippen LogP contribution >= 0.6 is 0 Å². The number of aliphatic hydroxyl groups is 1. The van der Waals surface area contributed by atoms with Crippen LogP contribution in [0.2, 0.25) is 0 Å². The van der Waals surface area contributed by atoms with Crippen molar-refractivity contribution in [2.24, 2.45) is 0 Å². The summed E-state index contributed by atoms with van der Waals surface area (Å²) in [5, 5.41) is 31.8. The summed E-state index contributed by atoms with van der Waals surface area (Å²) in [6, 6.07) is 3.13. The molecular formula is C17H19NO4. The van der Waals surface area contributed by atoms with Crippen LogP contribution in [0.1, 0.15) is 24.0 Å². The lowest BCUT2D eigenvalue weighted by Gasteiger charge is -2.61. The Morgan fingerprint density at radius 3 is 2.86 bits per heavy atom. The first-order chi connectivity index (χ1) is 10.4. The number of nitrogens with zero attached hydrogens (tertiary/aromatic N) is 1. The normalized spacial score (nSPS) is 36.8. The number of carbonyl (C=O) groups is 1. The Morgan fingerprint density at radius 2 is 2.09 bits per heavy atom. The van der Waals surface area contributed by atoms with Crippen molar-refractivity contribution >= 4 is 5.78 Å². The van der Waals surface area contributed by atoms with E-state index in [1.807, 2.05) is 7.05 Å². The summed E-state index contributed by atoms with van der Waals surface area (Å²) in [6.45, 7) is 0.739. The molecule has 1 aromatic rings. The van der Waals surface area contributed by atoms with Crippen LogP contribution in [0, 0.1) is 0 Å². The topological polar surface area (TPSA) is 81.0 Å². The number of hydrogen-bond acceptors (Lipinski definition) is 5. The third-order valence-electron chi connectivity index (χ3n) is 5.83. The van der Waals surface area contributed by atoms with Crippen LogP contribution in [0.15, 0.2) is 24.3 Å². The van der Waals surface area contributed by atoms with E-state index in [1.165, 1.54) is 12.1 Å². The van der Waals surface area contributed by atoms with E-state index in [0.29, 0.717) is 18.4 Å². The Hall–Kier alpha value is -1.85. The highest BCUT2D eigenvalue weighted by Gasteiger charge is 2.63. The molecule has 1 saturated heterocycles. The van der Waals surface area contributed by atoms with Gasteiger partial charge in [0.2, 0.25) is 0 Å². The molecule has 22 heavy (non-hydrogen) atoms. The summed E-state index contributed by atoms with van der Waals surface area (Å²) in [6.07, 6.45) is 4.36. The summed E-state index contributed by atoms with van der Waals surface area (Å²) in [5.41, 5.74) is -0.602. The number of carbonyl (C=O) groups excluding carboxylic acids is 1. The van der Waals surface area contributed by atoms with Crippen molar-refractivity contribution in [3.63, 3.8) is 0 Å². The molecule has 1 aliphatic heterocycles. The lowest BCUT2D eigenvalue weighted by Crippen LogP contribution is -2.71. The Morgan fingerprint density at radius 1 is 1.32 bits per heavy atom. The molecule has 1 heterocycles. The van der Waals surface area contributed by atoms with E-state index < -0.39 is 11.0 Å². The fourth-order valence-corrected chi connectivity index (χ4v) is 4.71. The Balaban J connectivity index is 2.06. The van der Waals surface area contributed by atoms with Gasteiger partial charge in [0.1, 0.15) is 5.60 Å². The Labute approximate surface area is 128 Å². The van der Waals surface area contributed by atoms with E-state index in [0.717, 1.165) is 12.1 Å². The van der Waals surface area contributed by atoms with Crippen LogP contribution in [-0.4, -0.2) is 51.2 Å². The monoisotopic (exact) mass is 301 g/mol. The van der Waals surface area contributed by atoms with Crippen LogP contribution in [0.25, 0.3) is 0 Å². The van der Waals surface area contributed by atoms with Crippen molar-refractivity contribution < 1.29 is 20.1 Å². The number of likely N-dealkylation sites (N-methyl/N-ethyl adjacent to an activating group) is 1. The van der Waals surface area contributed by atoms with Gasteiger partial charge in [-0.2, -0.15) is 0 Å². The number of fused-ring (bicyclic) bond motifs is 1. The predicted octanol–water partition coefficient (Wildman–Crippen LogP) is 0.856. The van der Waals surface area contributed by atoms with Gasteiger partial charge >= 0.3 is 0 Å². The van der Waals surface area contributed by atoms with Gasteiger partial charge in [0.25, 0.3) is 0 Å². The van der Waals surface area contributed by atoms with Crippen LogP contribution in [0.4, 0.5) is 0 Å². The number of likely N-dealkylation sites (tertiary alicyclic amines) is 1. The predicted molar refractivity (Wildman–Crippen MR) is 79.9 cm³/mol. The Bertz CT molecular complexity index is 713. The molecular weight excluding hydrogens is 282 g/mol. The second-order valence-corrected chi connectivity index (χ2v) is 6.80. The van der Waals surface area contributed by atoms with E-state index in [2.05, 4.69) is 4.90 Å². The first-order valence-electron chi connectivity index (χ1n) is 7.58. The van der Waals surface area contributed by atoms with Gasteiger partial charge in [0.15, 0.2) is 17.3 Å². The summed E-state index contributed by atoms with van der Waals surface area (Å²) >= 11 is 0. The minimum atomic E-state index is -1.20. The molecule has 2 bridgehead atoms. The number of ketones is 1. The van der Waals surface area contributed by atoms with E-state index in [4.69, 9.17) is 0 Å². The third kappa shape index (κ3) is 1.43. The lowest BCUT2D eigenvalue weighted by molar-refractivity contribution is -0.135. The fourth-order valence-electron chi connectivity index (χ4n) is 4.71. The smallest absolute Gasteiger partial charge is 0.161 e. The molecule has 3 atom stereocenters. The molecule has 0 radical (unpaired) electrons. The van der Waals surface area contributed by atoms with Gasteiger partial charge in [-0.15, -0.1) is 0 Å². The maximum atomic E-state index is 12.1. The van der Waals surface area contributed by atoms with Gasteiger partial charge in [-0.1, -0.05) is 6.07 Å². The van der Waals surface area contributed by atoms with Crippen LogP contribution in [0.3, 0.4) is 0 Å². The molecule has 5 heteroatoms. The first kappa shape index (κ1) is 13.8. The Kier molecular flexibility index (Phi) is 2.58. The highest BCUT2D eigenvalue weighted by Crippen LogP contribution is 2.58. The SMILES string of the molecule is CN1CCC23CC(=O)C=CC2(O)[C@H]1Cc1ccc(O)c(O)c13. The molecule has 2 unspecified atom stereocenters. The average Bonchev–Trinajstić information content (AvgIpc) is 2.47. The third-order valence-corrected chi connectivity index (χ3v) is 5.83. The highest BCUT2D eigenvalue weighted by molar-refractivity contribution is 5.93. The van der Waals surface area contributed by atoms with Crippen molar-refractivity contribution in [3.05, 3.63) is 35.4 Å². The van der Waals surface area contributed by atoms with Gasteiger partial charge in [0, 0.05) is 23.4 Å². The maximum absolute atomic E-state index is 12.1. The molecule has 0 amide bonds. The number of benzene rings is 1. The van der Waals surface area contributed by atoms with Crippen molar-refractivity contribution in [1.82, 2.24) is 4.90 Å². The number of allylic oxidation sites excluding steroid dienone is 1. The number of hydrogen-bond donors (Lipinski definition) is 3. The van der Waals surface area contributed by atoms with Crippen molar-refractivity contribution in [2.75, 3.05) is 13.6 Å². The van der Waals surface area contributed by atoms with Gasteiger partial charge in [-0.3, -0.25) is 9.69 Å². The standard InChI is InChI=1S/C17H19NO4/c1-18-7-6-16-9-11(19)4-5-17(16,22)13(18)8-10-2-3-12(20)15(21)14(10)16/h2-5,13,20-22H,6-9H2,1H3/t13-,16?,17?/m1/s1. The minimum Gasteiger partial charge on any atom is -0.504 e. The molecule has 1 fully saturated rings. The lowest BCUT2D eigenvalue weighted by atomic mass is 9.51. The van der Waals surface area contributed by atoms with E-state index >= 15 is 0 Å². The number of phenols is 2. The first-order valence-corrected chi connectivity index (χ1v) is 7.58. The molecule has 1 aromatic carbocycles. The van der Waals surface area contributed by atoms with Gasteiger partial charge in [-0.05, 0) is 50.2 Å². The van der Waals surface area contributed by atoms with Gasteiger partial charge in [-0.25, -0.2) is 0 Å². The zero-order chi connectivity index (χ0) is 15.7. The quantitative estimate of drug-likeness (QED) is 0.619. The van der Waals surface area contributed by atoms with Crippen LogP contribution in [0.5, 0.6) is 11.5 Å². The van der Waals surface area contributed by atoms with Crippen molar-refractivity contribution in [3.8, 4) is 11.5 Å². The fraction of sp³-hybridized carbons (Fsp3) is 0.471. The molecule has 0 spiro atoms. The summed E-state index contributed by atoms with van der Waals surface area (Å²) in [7, 11) is 1.97. The number of rotatable bonds is 0. The van der Waals surface area contributed by atoms with Gasteiger partial charge in [0.05, 0.1) is 0 Å². The summed E-state index contributed by atoms with van der Waals surface area (Å²) in [4.78, 5) is 14.2. The molecule has 3 aliphatic rings. The second kappa shape index (κ2) is 4.12. The molecule has 4 rings (SSSR count). The number of aromatic hydroxyl groups is 2. The van der Waals surface area contributed by atoms with Gasteiger partial charge < -0.3 is 15.3 Å². The molecule has 116 valence electrons. The molecule has 0 aromatic heterocycles. The zero-order valence-electron chi connectivity index (χ0n) is 12.4. The van der Waals surface area contributed by atoms with Crippen molar-refractivity contribution in [2.45, 2.75) is 36.3 Å². The minimum absolute atomic E-state index is 0.0522. The van der Waals surface area contributed by atoms with E-state index in [-0.39, 0.29) is 29.7 Å².